The molecule has 1 aromatic rings. The molecule has 5 nitrogen and oxygen atoms in total. The van der Waals surface area contributed by atoms with Crippen LogP contribution in [0, 0.1) is 5.82 Å². The van der Waals surface area contributed by atoms with Gasteiger partial charge in [-0.25, -0.2) is 4.39 Å². The maximum atomic E-state index is 13.4. The van der Waals surface area contributed by atoms with Crippen LogP contribution in [0.3, 0.4) is 0 Å². The van der Waals surface area contributed by atoms with Crippen LogP contribution < -0.4 is 15.8 Å². The van der Waals surface area contributed by atoms with Gasteiger partial charge in [0.1, 0.15) is 0 Å². The molecule has 0 saturated carbocycles. The highest BCUT2D eigenvalue weighted by molar-refractivity contribution is 5.91. The lowest BCUT2D eigenvalue weighted by Crippen LogP contribution is -2.28. The minimum absolute atomic E-state index is 0.00387. The van der Waals surface area contributed by atoms with Gasteiger partial charge in [-0.05, 0) is 12.1 Å². The molecule has 0 heterocycles. The number of carbonyl (C=O) groups excluding carboxylic acids is 1. The molecule has 1 rings (SSSR count). The number of halogens is 3. The predicted octanol–water partition coefficient (Wildman–Crippen LogP) is 1.73. The van der Waals surface area contributed by atoms with Crippen molar-refractivity contribution < 1.29 is 27.4 Å². The summed E-state index contributed by atoms with van der Waals surface area (Å²) in [5, 5.41) is 2.40. The van der Waals surface area contributed by atoms with E-state index in [1.165, 1.54) is 13.2 Å². The van der Waals surface area contributed by atoms with Crippen molar-refractivity contribution in [1.29, 1.82) is 0 Å². The quantitative estimate of drug-likeness (QED) is 0.802. The highest BCUT2D eigenvalue weighted by Gasteiger charge is 2.14. The first-order valence-corrected chi connectivity index (χ1v) is 5.73. The van der Waals surface area contributed by atoms with Crippen molar-refractivity contribution in [3.8, 4) is 5.75 Å². The highest BCUT2D eigenvalue weighted by Crippen LogP contribution is 2.22. The van der Waals surface area contributed by atoms with Crippen molar-refractivity contribution in [1.82, 2.24) is 0 Å². The van der Waals surface area contributed by atoms with Crippen molar-refractivity contribution in [2.45, 2.75) is 19.1 Å². The van der Waals surface area contributed by atoms with Crippen LogP contribution in [-0.2, 0) is 9.53 Å². The van der Waals surface area contributed by atoms with Crippen LogP contribution in [-0.4, -0.2) is 32.3 Å². The summed E-state index contributed by atoms with van der Waals surface area (Å²) in [4.78, 5) is 11.6. The maximum Gasteiger partial charge on any atom is 0.387 e. The zero-order valence-corrected chi connectivity index (χ0v) is 10.7. The Bertz CT molecular complexity index is 454. The SMILES string of the molecule is COC(CN)CC(=O)Nc1ccc(OC(F)F)c(F)c1. The molecule has 0 aromatic heterocycles. The van der Waals surface area contributed by atoms with Gasteiger partial charge in [-0.15, -0.1) is 0 Å². The molecule has 3 N–H and O–H groups in total. The maximum absolute atomic E-state index is 13.4. The summed E-state index contributed by atoms with van der Waals surface area (Å²) in [7, 11) is 1.42. The van der Waals surface area contributed by atoms with Crippen molar-refractivity contribution in [2.24, 2.45) is 5.73 Å². The molecule has 112 valence electrons. The molecule has 1 atom stereocenters. The van der Waals surface area contributed by atoms with E-state index in [-0.39, 0.29) is 18.7 Å². The van der Waals surface area contributed by atoms with Gasteiger partial charge in [-0.1, -0.05) is 0 Å². The lowest BCUT2D eigenvalue weighted by Gasteiger charge is -2.13. The van der Waals surface area contributed by atoms with Gasteiger partial charge in [0.25, 0.3) is 0 Å². The van der Waals surface area contributed by atoms with Gasteiger partial charge in [0.2, 0.25) is 5.91 Å². The molecule has 0 aliphatic carbocycles. The number of carbonyl (C=O) groups is 1. The third-order valence-electron chi connectivity index (χ3n) is 2.44. The van der Waals surface area contributed by atoms with Gasteiger partial charge in [0.05, 0.1) is 12.5 Å². The molecule has 1 aromatic carbocycles. The van der Waals surface area contributed by atoms with Gasteiger partial charge in [0.15, 0.2) is 11.6 Å². The van der Waals surface area contributed by atoms with Crippen molar-refractivity contribution in [3.63, 3.8) is 0 Å². The average Bonchev–Trinajstić information content (AvgIpc) is 2.38. The van der Waals surface area contributed by atoms with E-state index in [0.717, 1.165) is 12.1 Å². The average molecular weight is 292 g/mol. The molecule has 1 unspecified atom stereocenters. The van der Waals surface area contributed by atoms with Crippen LogP contribution in [0.2, 0.25) is 0 Å². The van der Waals surface area contributed by atoms with E-state index in [1.54, 1.807) is 0 Å². The molecule has 1 amide bonds. The first-order chi connectivity index (χ1) is 9.46. The zero-order valence-electron chi connectivity index (χ0n) is 10.7. The Hall–Kier alpha value is -1.80. The lowest BCUT2D eigenvalue weighted by atomic mass is 10.2. The number of methoxy groups -OCH3 is 1. The monoisotopic (exact) mass is 292 g/mol. The zero-order chi connectivity index (χ0) is 15.1. The second-order valence-electron chi connectivity index (χ2n) is 3.87. The van der Waals surface area contributed by atoms with Gasteiger partial charge < -0.3 is 20.5 Å². The number of ether oxygens (including phenoxy) is 2. The molecule has 0 bridgehead atoms. The first-order valence-electron chi connectivity index (χ1n) is 5.73. The smallest absolute Gasteiger partial charge is 0.387 e. The highest BCUT2D eigenvalue weighted by atomic mass is 19.3. The number of anilines is 1. The Morgan fingerprint density at radius 2 is 2.15 bits per heavy atom. The van der Waals surface area contributed by atoms with Crippen molar-refractivity contribution >= 4 is 11.6 Å². The van der Waals surface area contributed by atoms with E-state index < -0.39 is 30.2 Å². The Morgan fingerprint density at radius 3 is 2.65 bits per heavy atom. The van der Waals surface area contributed by atoms with Crippen LogP contribution in [0.15, 0.2) is 18.2 Å². The fraction of sp³-hybridized carbons (Fsp3) is 0.417. The van der Waals surface area contributed by atoms with Gasteiger partial charge in [-0.2, -0.15) is 8.78 Å². The number of nitrogens with one attached hydrogen (secondary N) is 1. The normalized spacial score (nSPS) is 12.3. The fourth-order valence-corrected chi connectivity index (χ4v) is 1.45. The first kappa shape index (κ1) is 16.3. The summed E-state index contributed by atoms with van der Waals surface area (Å²) in [6.45, 7) is -2.95. The number of alkyl halides is 2. The third-order valence-corrected chi connectivity index (χ3v) is 2.44. The number of amides is 1. The summed E-state index contributed by atoms with van der Waals surface area (Å²) in [6, 6.07) is 3.15. The Labute approximate surface area is 113 Å². The molecule has 8 heteroatoms. The molecule has 0 fully saturated rings. The van der Waals surface area contributed by atoms with Gasteiger partial charge >= 0.3 is 6.61 Å². The van der Waals surface area contributed by atoms with E-state index in [1.807, 2.05) is 0 Å². The number of nitrogens with two attached hydrogens (primary N) is 1. The van der Waals surface area contributed by atoms with E-state index in [4.69, 9.17) is 10.5 Å². The number of hydrogen-bond acceptors (Lipinski definition) is 4. The minimum Gasteiger partial charge on any atom is -0.432 e. The molecule has 0 radical (unpaired) electrons. The Morgan fingerprint density at radius 1 is 1.45 bits per heavy atom. The van der Waals surface area contributed by atoms with Gasteiger partial charge in [0, 0.05) is 25.4 Å². The lowest BCUT2D eigenvalue weighted by molar-refractivity contribution is -0.118. The summed E-state index contributed by atoms with van der Waals surface area (Å²) in [5.74, 6) is -2.01. The standard InChI is InChI=1S/C12H15F3N2O3/c1-19-8(6-16)5-11(18)17-7-2-3-10(9(13)4-7)20-12(14)15/h2-4,8,12H,5-6,16H2,1H3,(H,17,18). The number of hydrogen-bond donors (Lipinski definition) is 2. The largest absolute Gasteiger partial charge is 0.432 e. The summed E-state index contributed by atoms with van der Waals surface area (Å²) < 4.78 is 46.2. The van der Waals surface area contributed by atoms with Crippen LogP contribution in [0.5, 0.6) is 5.75 Å². The molecule has 0 saturated heterocycles. The van der Waals surface area contributed by atoms with Gasteiger partial charge in [-0.3, -0.25) is 4.79 Å². The summed E-state index contributed by atoms with van der Waals surface area (Å²) in [6.07, 6.45) is -0.439. The fourth-order valence-electron chi connectivity index (χ4n) is 1.45. The molecule has 0 aliphatic heterocycles. The molecular formula is C12H15F3N2O3. The molecular weight excluding hydrogens is 277 g/mol. The second-order valence-corrected chi connectivity index (χ2v) is 3.87. The second kappa shape index (κ2) is 7.71. The predicted molar refractivity (Wildman–Crippen MR) is 66.1 cm³/mol. The van der Waals surface area contributed by atoms with Crippen LogP contribution in [0.4, 0.5) is 18.9 Å². The van der Waals surface area contributed by atoms with Crippen molar-refractivity contribution in [2.75, 3.05) is 19.0 Å². The Kier molecular flexibility index (Phi) is 6.26. The molecule has 20 heavy (non-hydrogen) atoms. The van der Waals surface area contributed by atoms with Crippen molar-refractivity contribution in [3.05, 3.63) is 24.0 Å². The number of benzene rings is 1. The van der Waals surface area contributed by atoms with E-state index >= 15 is 0 Å². The van der Waals surface area contributed by atoms with Crippen LogP contribution in [0.25, 0.3) is 0 Å². The molecule has 0 aliphatic rings. The van der Waals surface area contributed by atoms with E-state index in [9.17, 15) is 18.0 Å². The summed E-state index contributed by atoms with van der Waals surface area (Å²) >= 11 is 0. The topological polar surface area (TPSA) is 73.6 Å². The van der Waals surface area contributed by atoms with Crippen LogP contribution in [0.1, 0.15) is 6.42 Å². The van der Waals surface area contributed by atoms with Crippen LogP contribution >= 0.6 is 0 Å². The number of rotatable bonds is 7. The molecule has 0 spiro atoms. The van der Waals surface area contributed by atoms with E-state index in [0.29, 0.717) is 0 Å². The third kappa shape index (κ3) is 5.06. The summed E-state index contributed by atoms with van der Waals surface area (Å²) in [5.41, 5.74) is 5.49. The Balaban J connectivity index is 2.64. The van der Waals surface area contributed by atoms with E-state index in [2.05, 4.69) is 10.1 Å². The minimum atomic E-state index is -3.11.